The Morgan fingerprint density at radius 3 is 2.61 bits per heavy atom. The van der Waals surface area contributed by atoms with Crippen LogP contribution in [0.3, 0.4) is 0 Å². The molecule has 0 aliphatic carbocycles. The minimum absolute atomic E-state index is 0.0466. The molecule has 3 heterocycles. The van der Waals surface area contributed by atoms with Gasteiger partial charge in [-0.2, -0.15) is 17.6 Å². The first-order valence-electron chi connectivity index (χ1n) is 11.2. The Hall–Kier alpha value is -3.35. The van der Waals surface area contributed by atoms with Crippen LogP contribution in [0.15, 0.2) is 24.5 Å². The zero-order valence-corrected chi connectivity index (χ0v) is 19.7. The van der Waals surface area contributed by atoms with Gasteiger partial charge in [0.05, 0.1) is 17.5 Å². The number of hydrogen-bond acceptors (Lipinski definition) is 7. The highest BCUT2D eigenvalue weighted by molar-refractivity contribution is 6.31. The monoisotopic (exact) mass is 529 g/mol. The number of aromatic nitrogens is 2. The first-order valence-corrected chi connectivity index (χ1v) is 11.6. The van der Waals surface area contributed by atoms with E-state index in [1.165, 1.54) is 11.0 Å². The normalized spacial score (nSPS) is 23.0. The number of carbonyl (C=O) groups excluding carboxylic acids is 2. The van der Waals surface area contributed by atoms with Crippen LogP contribution in [0.2, 0.25) is 5.02 Å². The van der Waals surface area contributed by atoms with E-state index < -0.39 is 47.4 Å². The highest BCUT2D eigenvalue weighted by Crippen LogP contribution is 2.35. The van der Waals surface area contributed by atoms with Crippen molar-refractivity contribution in [3.8, 4) is 0 Å². The van der Waals surface area contributed by atoms with Crippen LogP contribution in [0, 0.1) is 11.7 Å². The van der Waals surface area contributed by atoms with Gasteiger partial charge in [-0.05, 0) is 37.5 Å². The van der Waals surface area contributed by atoms with Gasteiger partial charge in [0.1, 0.15) is 12.4 Å². The number of nitrogens with two attached hydrogens (primary N) is 2. The molecule has 2 saturated heterocycles. The summed E-state index contributed by atoms with van der Waals surface area (Å²) in [6.07, 6.45) is -2.36. The van der Waals surface area contributed by atoms with E-state index in [1.807, 2.05) is 0 Å². The molecule has 0 spiro atoms. The number of halogens is 5. The molecule has 0 radical (unpaired) electrons. The van der Waals surface area contributed by atoms with Gasteiger partial charge in [-0.25, -0.2) is 9.97 Å². The lowest BCUT2D eigenvalue weighted by Crippen LogP contribution is -2.61. The predicted octanol–water partition coefficient (Wildman–Crippen LogP) is 2.65. The number of nitrogens with zero attached hydrogens (tertiary/aromatic N) is 4. The summed E-state index contributed by atoms with van der Waals surface area (Å²) >= 11 is 5.87. The molecule has 1 aromatic heterocycles. The summed E-state index contributed by atoms with van der Waals surface area (Å²) in [6.45, 7) is 0.621. The fourth-order valence-corrected chi connectivity index (χ4v) is 5.00. The van der Waals surface area contributed by atoms with Crippen LogP contribution in [-0.4, -0.2) is 58.4 Å². The van der Waals surface area contributed by atoms with Crippen molar-refractivity contribution in [1.29, 1.82) is 0 Å². The second-order valence-electron chi connectivity index (χ2n) is 8.80. The Balaban J connectivity index is 1.57. The Kier molecular flexibility index (Phi) is 7.12. The molecule has 2 aliphatic heterocycles. The number of primary amides is 1. The number of piperidine rings is 2. The molecule has 0 saturated carbocycles. The topological polar surface area (TPSA) is 130 Å². The maximum atomic E-state index is 14.6. The van der Waals surface area contributed by atoms with Crippen molar-refractivity contribution in [2.45, 2.75) is 37.5 Å². The van der Waals surface area contributed by atoms with Crippen molar-refractivity contribution in [3.05, 3.63) is 40.9 Å². The van der Waals surface area contributed by atoms with Crippen LogP contribution in [0.1, 0.15) is 24.8 Å². The number of hydrogen-bond donors (Lipinski definition) is 3. The third-order valence-corrected chi connectivity index (χ3v) is 6.70. The molecule has 2 fully saturated rings. The van der Waals surface area contributed by atoms with Gasteiger partial charge in [0.15, 0.2) is 11.6 Å². The Morgan fingerprint density at radius 1 is 1.17 bits per heavy atom. The zero-order valence-electron chi connectivity index (χ0n) is 18.9. The molecule has 194 valence electrons. The van der Waals surface area contributed by atoms with Crippen molar-refractivity contribution in [2.75, 3.05) is 35.6 Å². The number of likely N-dealkylation sites (tertiary alicyclic amines) is 1. The van der Waals surface area contributed by atoms with Gasteiger partial charge < -0.3 is 26.6 Å². The van der Waals surface area contributed by atoms with Crippen LogP contribution in [0.4, 0.5) is 34.9 Å². The maximum absolute atomic E-state index is 14.6. The molecule has 2 aromatic rings. The first-order chi connectivity index (χ1) is 17.0. The summed E-state index contributed by atoms with van der Waals surface area (Å²) in [6, 6.07) is 1.44. The quantitative estimate of drug-likeness (QED) is 0.508. The highest BCUT2D eigenvalue weighted by atomic mass is 35.5. The van der Waals surface area contributed by atoms with Crippen LogP contribution < -0.4 is 21.7 Å². The predicted molar refractivity (Wildman–Crippen MR) is 125 cm³/mol. The smallest absolute Gasteiger partial charge is 0.381 e. The Labute approximate surface area is 208 Å². The molecule has 1 aromatic carbocycles. The first kappa shape index (κ1) is 25.7. The molecule has 0 bridgehead atoms. The van der Waals surface area contributed by atoms with Crippen molar-refractivity contribution < 1.29 is 27.2 Å². The van der Waals surface area contributed by atoms with Crippen LogP contribution in [-0.2, 0) is 15.8 Å². The summed E-state index contributed by atoms with van der Waals surface area (Å²) in [7, 11) is 0. The second kappa shape index (κ2) is 9.96. The molecular formula is C22H24ClF4N7O2. The largest absolute Gasteiger partial charge is 0.416 e. The van der Waals surface area contributed by atoms with Crippen molar-refractivity contribution in [3.63, 3.8) is 0 Å². The number of nitrogens with one attached hydrogen (secondary N) is 1. The zero-order chi connectivity index (χ0) is 26.2. The Bertz CT molecular complexity index is 1170. The van der Waals surface area contributed by atoms with Gasteiger partial charge in [-0.15, -0.1) is 0 Å². The van der Waals surface area contributed by atoms with Crippen LogP contribution in [0.5, 0.6) is 0 Å². The van der Waals surface area contributed by atoms with E-state index in [2.05, 4.69) is 15.3 Å². The summed E-state index contributed by atoms with van der Waals surface area (Å²) in [5, 5.41) is 2.72. The molecular weight excluding hydrogens is 506 g/mol. The molecule has 2 aliphatic rings. The van der Waals surface area contributed by atoms with E-state index in [0.29, 0.717) is 19.4 Å². The molecule has 14 heteroatoms. The van der Waals surface area contributed by atoms with E-state index in [-0.39, 0.29) is 41.9 Å². The number of nitrogen functional groups attached to an aromatic ring is 1. The molecule has 5 N–H and O–H groups in total. The Morgan fingerprint density at radius 2 is 1.92 bits per heavy atom. The second-order valence-corrected chi connectivity index (χ2v) is 9.24. The molecule has 1 unspecified atom stereocenters. The third-order valence-electron chi connectivity index (χ3n) is 6.48. The number of carbonyl (C=O) groups is 2. The molecule has 36 heavy (non-hydrogen) atoms. The lowest BCUT2D eigenvalue weighted by atomic mass is 9.87. The van der Waals surface area contributed by atoms with Crippen molar-refractivity contribution >= 4 is 40.7 Å². The van der Waals surface area contributed by atoms with Gasteiger partial charge in [0.25, 0.3) is 0 Å². The number of amides is 2. The van der Waals surface area contributed by atoms with E-state index in [9.17, 15) is 27.2 Å². The minimum Gasteiger partial charge on any atom is -0.381 e. The SMILES string of the molecule is NC(=O)C1CCN(c2ncnc(N)c2F)C[C@H]1N1CCC[C@H](Nc2cc(Cl)cc(C(F)(F)F)c2)C1=O. The van der Waals surface area contributed by atoms with Gasteiger partial charge in [0, 0.05) is 30.3 Å². The molecule has 9 nitrogen and oxygen atoms in total. The molecule has 2 amide bonds. The van der Waals surface area contributed by atoms with E-state index in [1.54, 1.807) is 4.90 Å². The van der Waals surface area contributed by atoms with Gasteiger partial charge >= 0.3 is 6.18 Å². The maximum Gasteiger partial charge on any atom is 0.416 e. The summed E-state index contributed by atoms with van der Waals surface area (Å²) in [5.74, 6) is -2.89. The van der Waals surface area contributed by atoms with Gasteiger partial charge in [-0.1, -0.05) is 11.6 Å². The summed E-state index contributed by atoms with van der Waals surface area (Å²) in [4.78, 5) is 36.3. The molecule has 3 atom stereocenters. The lowest BCUT2D eigenvalue weighted by Gasteiger charge is -2.46. The summed E-state index contributed by atoms with van der Waals surface area (Å²) in [5.41, 5.74) is 10.3. The highest BCUT2D eigenvalue weighted by Gasteiger charge is 2.43. The fraction of sp³-hybridized carbons (Fsp3) is 0.455. The fourth-order valence-electron chi connectivity index (χ4n) is 4.77. The summed E-state index contributed by atoms with van der Waals surface area (Å²) < 4.78 is 54.2. The molecule has 4 rings (SSSR count). The lowest BCUT2D eigenvalue weighted by molar-refractivity contribution is -0.140. The number of benzene rings is 1. The van der Waals surface area contributed by atoms with E-state index in [0.717, 1.165) is 18.5 Å². The van der Waals surface area contributed by atoms with Crippen molar-refractivity contribution in [1.82, 2.24) is 14.9 Å². The standard InChI is InChI=1S/C22H24ClF4N7O2/c23-12-6-11(22(25,26)27)7-13(8-12)32-15-2-1-4-34(21(15)36)16-9-33(5-3-14(16)19(29)35)20-17(24)18(28)30-10-31-20/h6-8,10,14-16,32H,1-5,9H2,(H2,29,35)(H2,28,30,31)/t14?,15-,16+/m0/s1. The number of alkyl halides is 3. The van der Waals surface area contributed by atoms with Crippen LogP contribution >= 0.6 is 11.6 Å². The van der Waals surface area contributed by atoms with Gasteiger partial charge in [-0.3, -0.25) is 9.59 Å². The third kappa shape index (κ3) is 5.25. The number of rotatable bonds is 5. The number of anilines is 3. The van der Waals surface area contributed by atoms with E-state index >= 15 is 0 Å². The van der Waals surface area contributed by atoms with E-state index in [4.69, 9.17) is 23.1 Å². The van der Waals surface area contributed by atoms with Gasteiger partial charge in [0.2, 0.25) is 17.6 Å². The minimum atomic E-state index is -4.61. The van der Waals surface area contributed by atoms with Crippen LogP contribution in [0.25, 0.3) is 0 Å². The van der Waals surface area contributed by atoms with Crippen molar-refractivity contribution in [2.24, 2.45) is 11.7 Å². The average molecular weight is 530 g/mol. The average Bonchev–Trinajstić information content (AvgIpc) is 2.81.